The summed E-state index contributed by atoms with van der Waals surface area (Å²) in [6.45, 7) is 9.83. The van der Waals surface area contributed by atoms with Gasteiger partial charge in [0.25, 0.3) is 0 Å². The van der Waals surface area contributed by atoms with Gasteiger partial charge in [-0.15, -0.1) is 0 Å². The van der Waals surface area contributed by atoms with Crippen LogP contribution in [0, 0.1) is 0 Å². The quantitative estimate of drug-likeness (QED) is 0.394. The Kier molecular flexibility index (Phi) is 11.1. The molecule has 0 aromatic rings. The van der Waals surface area contributed by atoms with Crippen molar-refractivity contribution < 1.29 is 38.2 Å². The van der Waals surface area contributed by atoms with Crippen LogP contribution in [0.2, 0.25) is 0 Å². The van der Waals surface area contributed by atoms with Crippen LogP contribution in [-0.2, 0) is 33.4 Å². The molecular weight excluding hydrogens is 396 g/mol. The highest BCUT2D eigenvalue weighted by atomic mass is 16.6. The minimum Gasteiger partial charge on any atom is -0.469 e. The number of methoxy groups -OCH3 is 1. The van der Waals surface area contributed by atoms with Crippen molar-refractivity contribution in [1.29, 1.82) is 0 Å². The molecule has 172 valence electrons. The van der Waals surface area contributed by atoms with Crippen LogP contribution in [-0.4, -0.2) is 60.6 Å². The minimum atomic E-state index is -1.11. The molecule has 30 heavy (non-hydrogen) atoms. The lowest BCUT2D eigenvalue weighted by atomic mass is 10.1. The molecule has 0 aliphatic heterocycles. The van der Waals surface area contributed by atoms with Crippen LogP contribution in [0.4, 0.5) is 4.79 Å². The van der Waals surface area contributed by atoms with Crippen molar-refractivity contribution in [2.45, 2.75) is 84.5 Å². The molecule has 10 nitrogen and oxygen atoms in total. The van der Waals surface area contributed by atoms with Crippen molar-refractivity contribution in [3.8, 4) is 0 Å². The number of carbonyl (C=O) groups excluding carboxylic acids is 5. The molecule has 2 amide bonds. The van der Waals surface area contributed by atoms with Crippen LogP contribution >= 0.6 is 0 Å². The molecule has 0 bridgehead atoms. The number of rotatable bonds is 10. The van der Waals surface area contributed by atoms with Gasteiger partial charge in [-0.1, -0.05) is 0 Å². The first kappa shape index (κ1) is 27.4. The maximum atomic E-state index is 12.5. The molecule has 0 radical (unpaired) electrons. The normalized spacial score (nSPS) is 12.4. The Labute approximate surface area is 177 Å². The SMILES string of the molecule is COC(=O)CCC(=O)CNC(=O)[C@H](CCC(=O)OC(C)(C)C)NC(=O)OC(C)(C)C. The zero-order valence-corrected chi connectivity index (χ0v) is 18.9. The summed E-state index contributed by atoms with van der Waals surface area (Å²) in [4.78, 5) is 59.4. The average Bonchev–Trinajstić information content (AvgIpc) is 2.57. The van der Waals surface area contributed by atoms with Gasteiger partial charge in [0.15, 0.2) is 5.78 Å². The third kappa shape index (κ3) is 14.4. The number of amides is 2. The van der Waals surface area contributed by atoms with Gasteiger partial charge >= 0.3 is 18.0 Å². The molecule has 0 heterocycles. The molecule has 0 unspecified atom stereocenters. The van der Waals surface area contributed by atoms with E-state index >= 15 is 0 Å². The zero-order chi connectivity index (χ0) is 23.5. The Bertz CT molecular complexity index is 632. The fourth-order valence-electron chi connectivity index (χ4n) is 2.11. The first-order valence-electron chi connectivity index (χ1n) is 9.70. The van der Waals surface area contributed by atoms with E-state index in [0.29, 0.717) is 0 Å². The first-order valence-corrected chi connectivity index (χ1v) is 9.70. The van der Waals surface area contributed by atoms with Gasteiger partial charge in [-0.2, -0.15) is 0 Å². The van der Waals surface area contributed by atoms with E-state index in [-0.39, 0.29) is 38.0 Å². The lowest BCUT2D eigenvalue weighted by molar-refractivity contribution is -0.155. The number of ketones is 1. The van der Waals surface area contributed by atoms with E-state index in [9.17, 15) is 24.0 Å². The summed E-state index contributed by atoms with van der Waals surface area (Å²) in [5.74, 6) is -2.09. The van der Waals surface area contributed by atoms with Gasteiger partial charge in [-0.25, -0.2) is 4.79 Å². The standard InChI is InChI=1S/C20H34N2O8/c1-19(2,3)29-16(25)11-9-14(22-18(27)30-20(4,5)6)17(26)21-12-13(23)8-10-15(24)28-7/h14H,8-12H2,1-7H3,(H,21,26)(H,22,27)/t14-/m0/s1. The van der Waals surface area contributed by atoms with Crippen LogP contribution in [0.3, 0.4) is 0 Å². The summed E-state index contributed by atoms with van der Waals surface area (Å²) in [7, 11) is 1.21. The third-order valence-corrected chi connectivity index (χ3v) is 3.36. The Hall–Kier alpha value is -2.65. The summed E-state index contributed by atoms with van der Waals surface area (Å²) in [5.41, 5.74) is -1.46. The van der Waals surface area contributed by atoms with Crippen molar-refractivity contribution in [3.05, 3.63) is 0 Å². The number of ether oxygens (including phenoxy) is 3. The molecule has 0 saturated carbocycles. The highest BCUT2D eigenvalue weighted by molar-refractivity contribution is 5.91. The molecule has 0 spiro atoms. The van der Waals surface area contributed by atoms with Gasteiger partial charge in [-0.05, 0) is 48.0 Å². The lowest BCUT2D eigenvalue weighted by Crippen LogP contribution is -2.49. The van der Waals surface area contributed by atoms with Crippen LogP contribution in [0.5, 0.6) is 0 Å². The molecule has 10 heteroatoms. The van der Waals surface area contributed by atoms with Crippen LogP contribution in [0.1, 0.15) is 67.2 Å². The van der Waals surface area contributed by atoms with Gasteiger partial charge in [0.1, 0.15) is 17.2 Å². The second-order valence-electron chi connectivity index (χ2n) is 8.66. The molecule has 0 aromatic carbocycles. The predicted molar refractivity (Wildman–Crippen MR) is 108 cm³/mol. The average molecular weight is 430 g/mol. The van der Waals surface area contributed by atoms with Crippen molar-refractivity contribution in [2.75, 3.05) is 13.7 Å². The van der Waals surface area contributed by atoms with Gasteiger partial charge in [0.2, 0.25) is 5.91 Å². The third-order valence-electron chi connectivity index (χ3n) is 3.36. The van der Waals surface area contributed by atoms with Crippen LogP contribution in [0.15, 0.2) is 0 Å². The molecule has 0 fully saturated rings. The number of Topliss-reactive ketones (excluding diaryl/α,β-unsaturated/α-hetero) is 1. The Morgan fingerprint density at radius 3 is 1.87 bits per heavy atom. The molecule has 0 aromatic heterocycles. The fraction of sp³-hybridized carbons (Fsp3) is 0.750. The number of alkyl carbamates (subject to hydrolysis) is 1. The molecule has 0 aliphatic rings. The molecule has 0 rings (SSSR count). The Balaban J connectivity index is 4.89. The Morgan fingerprint density at radius 2 is 1.37 bits per heavy atom. The molecule has 2 N–H and O–H groups in total. The number of hydrogen-bond acceptors (Lipinski definition) is 8. The van der Waals surface area contributed by atoms with Crippen LogP contribution in [0.25, 0.3) is 0 Å². The van der Waals surface area contributed by atoms with E-state index in [4.69, 9.17) is 9.47 Å². The van der Waals surface area contributed by atoms with E-state index in [1.807, 2.05) is 0 Å². The van der Waals surface area contributed by atoms with Crippen molar-refractivity contribution in [2.24, 2.45) is 0 Å². The summed E-state index contributed by atoms with van der Waals surface area (Å²) in [5, 5.41) is 4.81. The smallest absolute Gasteiger partial charge is 0.408 e. The zero-order valence-electron chi connectivity index (χ0n) is 18.9. The summed E-state index contributed by atoms with van der Waals surface area (Å²) >= 11 is 0. The van der Waals surface area contributed by atoms with Gasteiger partial charge < -0.3 is 24.8 Å². The number of hydrogen-bond donors (Lipinski definition) is 2. The number of nitrogens with one attached hydrogen (secondary N) is 2. The van der Waals surface area contributed by atoms with E-state index in [1.54, 1.807) is 41.5 Å². The van der Waals surface area contributed by atoms with E-state index < -0.39 is 41.2 Å². The second-order valence-corrected chi connectivity index (χ2v) is 8.66. The fourth-order valence-corrected chi connectivity index (χ4v) is 2.11. The van der Waals surface area contributed by atoms with E-state index in [1.165, 1.54) is 7.11 Å². The highest BCUT2D eigenvalue weighted by Gasteiger charge is 2.26. The summed E-state index contributed by atoms with van der Waals surface area (Å²) in [6, 6.07) is -1.11. The maximum Gasteiger partial charge on any atom is 0.408 e. The first-order chi connectivity index (χ1) is 13.6. The summed E-state index contributed by atoms with van der Waals surface area (Å²) < 4.78 is 14.8. The van der Waals surface area contributed by atoms with E-state index in [0.717, 1.165) is 0 Å². The van der Waals surface area contributed by atoms with Crippen molar-refractivity contribution in [3.63, 3.8) is 0 Å². The Morgan fingerprint density at radius 1 is 0.800 bits per heavy atom. The molecule has 0 saturated heterocycles. The number of carbonyl (C=O) groups is 5. The van der Waals surface area contributed by atoms with Gasteiger partial charge in [0.05, 0.1) is 20.1 Å². The highest BCUT2D eigenvalue weighted by Crippen LogP contribution is 2.11. The topological polar surface area (TPSA) is 137 Å². The molecule has 0 aliphatic carbocycles. The summed E-state index contributed by atoms with van der Waals surface area (Å²) in [6.07, 6.45) is -1.18. The predicted octanol–water partition coefficient (Wildman–Crippen LogP) is 1.64. The molecular formula is C20H34N2O8. The monoisotopic (exact) mass is 430 g/mol. The largest absolute Gasteiger partial charge is 0.469 e. The maximum absolute atomic E-state index is 12.5. The lowest BCUT2D eigenvalue weighted by Gasteiger charge is -2.24. The van der Waals surface area contributed by atoms with Crippen molar-refractivity contribution in [1.82, 2.24) is 10.6 Å². The van der Waals surface area contributed by atoms with Gasteiger partial charge in [0, 0.05) is 12.8 Å². The van der Waals surface area contributed by atoms with Crippen LogP contribution < -0.4 is 10.6 Å². The van der Waals surface area contributed by atoms with E-state index in [2.05, 4.69) is 15.4 Å². The number of esters is 2. The minimum absolute atomic E-state index is 0.0453. The van der Waals surface area contributed by atoms with Gasteiger partial charge in [-0.3, -0.25) is 19.2 Å². The molecule has 1 atom stereocenters. The van der Waals surface area contributed by atoms with Crippen molar-refractivity contribution >= 4 is 29.7 Å². The second kappa shape index (κ2) is 12.1.